The van der Waals surface area contributed by atoms with E-state index in [1.54, 1.807) is 12.1 Å². The summed E-state index contributed by atoms with van der Waals surface area (Å²) in [5, 5.41) is 4.59. The molecule has 1 aromatic heterocycles. The van der Waals surface area contributed by atoms with Crippen molar-refractivity contribution in [2.45, 2.75) is 39.4 Å². The predicted molar refractivity (Wildman–Crippen MR) is 117 cm³/mol. The third-order valence-corrected chi connectivity index (χ3v) is 4.90. The second-order valence-corrected chi connectivity index (χ2v) is 7.03. The van der Waals surface area contributed by atoms with Crippen LogP contribution in [0.5, 0.6) is 11.5 Å². The van der Waals surface area contributed by atoms with E-state index in [1.165, 1.54) is 7.11 Å². The number of benzene rings is 1. The van der Waals surface area contributed by atoms with Crippen molar-refractivity contribution in [1.29, 1.82) is 0 Å². The molecule has 3 rings (SSSR count). The zero-order valence-electron chi connectivity index (χ0n) is 18.3. The number of aryl methyl sites for hydroxylation is 1. The molecule has 0 spiro atoms. The Hall–Kier alpha value is -2.84. The summed E-state index contributed by atoms with van der Waals surface area (Å²) in [7, 11) is 1.40. The molecule has 0 N–H and O–H groups in total. The van der Waals surface area contributed by atoms with Crippen molar-refractivity contribution in [3.63, 3.8) is 0 Å². The summed E-state index contributed by atoms with van der Waals surface area (Å²) in [6, 6.07) is 3.63. The van der Waals surface area contributed by atoms with Gasteiger partial charge in [-0.2, -0.15) is 0 Å². The van der Waals surface area contributed by atoms with Crippen LogP contribution < -0.4 is 15.1 Å². The second kappa shape index (κ2) is 11.0. The van der Waals surface area contributed by atoms with E-state index < -0.39 is 5.63 Å². The highest BCUT2D eigenvalue weighted by Crippen LogP contribution is 2.35. The van der Waals surface area contributed by atoms with Gasteiger partial charge in [-0.25, -0.2) is 4.79 Å². The van der Waals surface area contributed by atoms with E-state index in [4.69, 9.17) is 28.2 Å². The first-order valence-electron chi connectivity index (χ1n) is 10.4. The molecule has 1 aliphatic heterocycles. The molecule has 0 saturated carbocycles. The van der Waals surface area contributed by atoms with Gasteiger partial charge in [0.2, 0.25) is 0 Å². The van der Waals surface area contributed by atoms with Gasteiger partial charge < -0.3 is 28.2 Å². The lowest BCUT2D eigenvalue weighted by Crippen LogP contribution is -2.25. The summed E-state index contributed by atoms with van der Waals surface area (Å²) in [4.78, 5) is 17.9. The second-order valence-electron chi connectivity index (χ2n) is 7.03. The number of ether oxygens (including phenoxy) is 4. The summed E-state index contributed by atoms with van der Waals surface area (Å²) in [5.74, 6) is 0.940. The first kappa shape index (κ1) is 22.8. The lowest BCUT2D eigenvalue weighted by atomic mass is 10.1. The number of fused-ring (bicyclic) bond motifs is 1. The van der Waals surface area contributed by atoms with Crippen molar-refractivity contribution >= 4 is 16.7 Å². The Bertz CT molecular complexity index is 990. The molecule has 1 fully saturated rings. The van der Waals surface area contributed by atoms with Gasteiger partial charge >= 0.3 is 5.63 Å². The summed E-state index contributed by atoms with van der Waals surface area (Å²) >= 11 is 0. The Morgan fingerprint density at radius 3 is 2.87 bits per heavy atom. The van der Waals surface area contributed by atoms with Crippen LogP contribution in [0.3, 0.4) is 0 Å². The first-order chi connectivity index (χ1) is 15.1. The number of nitrogens with zero attached hydrogens (tertiary/aromatic N) is 1. The Morgan fingerprint density at radius 2 is 2.19 bits per heavy atom. The number of rotatable bonds is 10. The maximum absolute atomic E-state index is 13.0. The SMILES string of the molecule is C=CCOc1c(/C(COCC)=N\OC)c(=O)oc2c(C)c(OC3CCCCO3)ccc12. The summed E-state index contributed by atoms with van der Waals surface area (Å²) in [5.41, 5.74) is 0.917. The van der Waals surface area contributed by atoms with E-state index in [2.05, 4.69) is 11.7 Å². The van der Waals surface area contributed by atoms with Crippen LogP contribution in [0.1, 0.15) is 37.3 Å². The van der Waals surface area contributed by atoms with Gasteiger partial charge in [-0.1, -0.05) is 17.8 Å². The Balaban J connectivity index is 2.12. The average molecular weight is 431 g/mol. The van der Waals surface area contributed by atoms with E-state index in [0.717, 1.165) is 19.3 Å². The molecule has 0 aliphatic carbocycles. The molecule has 2 heterocycles. The Kier molecular flexibility index (Phi) is 8.08. The van der Waals surface area contributed by atoms with Crippen LogP contribution in [-0.4, -0.2) is 45.5 Å². The van der Waals surface area contributed by atoms with E-state index in [0.29, 0.717) is 41.2 Å². The van der Waals surface area contributed by atoms with Crippen LogP contribution >= 0.6 is 0 Å². The van der Waals surface area contributed by atoms with Gasteiger partial charge in [-0.3, -0.25) is 0 Å². The van der Waals surface area contributed by atoms with Crippen molar-refractivity contribution in [3.8, 4) is 11.5 Å². The van der Waals surface area contributed by atoms with Crippen LogP contribution in [-0.2, 0) is 14.3 Å². The minimum Gasteiger partial charge on any atom is -0.488 e. The van der Waals surface area contributed by atoms with Gasteiger partial charge in [0, 0.05) is 18.6 Å². The zero-order valence-corrected chi connectivity index (χ0v) is 18.3. The highest BCUT2D eigenvalue weighted by Gasteiger charge is 2.24. The molecule has 8 heteroatoms. The molecular weight excluding hydrogens is 402 g/mol. The molecule has 1 atom stereocenters. The Morgan fingerprint density at radius 1 is 1.35 bits per heavy atom. The topological polar surface area (TPSA) is 88.7 Å². The smallest absolute Gasteiger partial charge is 0.349 e. The van der Waals surface area contributed by atoms with Crippen LogP contribution in [0.4, 0.5) is 0 Å². The van der Waals surface area contributed by atoms with E-state index >= 15 is 0 Å². The molecule has 8 nitrogen and oxygen atoms in total. The normalized spacial score (nSPS) is 16.9. The molecule has 0 amide bonds. The fourth-order valence-corrected chi connectivity index (χ4v) is 3.42. The average Bonchev–Trinajstić information content (AvgIpc) is 2.78. The lowest BCUT2D eigenvalue weighted by molar-refractivity contribution is -0.106. The van der Waals surface area contributed by atoms with Crippen molar-refractivity contribution in [2.75, 3.05) is 33.5 Å². The van der Waals surface area contributed by atoms with E-state index in [9.17, 15) is 4.79 Å². The van der Waals surface area contributed by atoms with Gasteiger partial charge in [0.1, 0.15) is 42.1 Å². The number of hydrogen-bond acceptors (Lipinski definition) is 8. The molecule has 2 aromatic rings. The van der Waals surface area contributed by atoms with Crippen LogP contribution in [0.15, 0.2) is 39.2 Å². The van der Waals surface area contributed by atoms with Crippen LogP contribution in [0.25, 0.3) is 11.0 Å². The van der Waals surface area contributed by atoms with Gasteiger partial charge in [0.15, 0.2) is 6.29 Å². The molecule has 1 aliphatic rings. The first-order valence-corrected chi connectivity index (χ1v) is 10.4. The van der Waals surface area contributed by atoms with Gasteiger partial charge in [-0.15, -0.1) is 0 Å². The highest BCUT2D eigenvalue weighted by atomic mass is 16.7. The third kappa shape index (κ3) is 5.26. The molecule has 1 aromatic carbocycles. The summed E-state index contributed by atoms with van der Waals surface area (Å²) in [6.45, 7) is 8.79. The van der Waals surface area contributed by atoms with Crippen LogP contribution in [0.2, 0.25) is 0 Å². The third-order valence-electron chi connectivity index (χ3n) is 4.90. The molecular formula is C23H29NO7. The Labute approximate surface area is 181 Å². The van der Waals surface area contributed by atoms with Crippen LogP contribution in [0, 0.1) is 6.92 Å². The van der Waals surface area contributed by atoms with Crippen molar-refractivity contribution in [2.24, 2.45) is 5.16 Å². The van der Waals surface area contributed by atoms with E-state index in [-0.39, 0.29) is 30.8 Å². The molecule has 0 radical (unpaired) electrons. The minimum atomic E-state index is -0.601. The predicted octanol–water partition coefficient (Wildman–Crippen LogP) is 3.96. The molecule has 1 unspecified atom stereocenters. The number of oxime groups is 1. The van der Waals surface area contributed by atoms with Crippen molar-refractivity contribution < 1.29 is 28.2 Å². The summed E-state index contributed by atoms with van der Waals surface area (Å²) in [6.07, 6.45) is 4.20. The lowest BCUT2D eigenvalue weighted by Gasteiger charge is -2.24. The van der Waals surface area contributed by atoms with Gasteiger partial charge in [-0.05, 0) is 38.8 Å². The quantitative estimate of drug-likeness (QED) is 0.243. The largest absolute Gasteiger partial charge is 0.488 e. The molecule has 0 bridgehead atoms. The molecule has 168 valence electrons. The number of hydrogen-bond donors (Lipinski definition) is 0. The van der Waals surface area contributed by atoms with E-state index in [1.807, 2.05) is 19.9 Å². The standard InChI is InChI=1S/C23H29NO7/c1-5-12-29-22-16-10-11-18(30-19-9-7-8-13-28-19)15(3)21(16)31-23(25)20(22)17(24-26-4)14-27-6-2/h5,10-11,19H,1,6-9,12-14H2,2-4H3/b24-17-. The maximum atomic E-state index is 13.0. The molecule has 1 saturated heterocycles. The van der Waals surface area contributed by atoms with Gasteiger partial charge in [0.05, 0.1) is 18.6 Å². The van der Waals surface area contributed by atoms with Crippen molar-refractivity contribution in [1.82, 2.24) is 0 Å². The fraction of sp³-hybridized carbons (Fsp3) is 0.478. The van der Waals surface area contributed by atoms with Gasteiger partial charge in [0.25, 0.3) is 0 Å². The monoisotopic (exact) mass is 431 g/mol. The highest BCUT2D eigenvalue weighted by molar-refractivity contribution is 6.07. The van der Waals surface area contributed by atoms with Crippen molar-refractivity contribution in [3.05, 3.63) is 46.3 Å². The molecule has 31 heavy (non-hydrogen) atoms. The summed E-state index contributed by atoms with van der Waals surface area (Å²) < 4.78 is 28.7. The zero-order chi connectivity index (χ0) is 22.2. The maximum Gasteiger partial charge on any atom is 0.349 e. The fourth-order valence-electron chi connectivity index (χ4n) is 3.42. The minimum absolute atomic E-state index is 0.0737.